The zero-order valence-electron chi connectivity index (χ0n) is 11.2. The van der Waals surface area contributed by atoms with Crippen LogP contribution < -0.4 is 15.4 Å². The zero-order valence-corrected chi connectivity index (χ0v) is 12.0. The number of thioether (sulfide) groups is 1. The molecule has 2 rings (SSSR count). The summed E-state index contributed by atoms with van der Waals surface area (Å²) in [6.45, 7) is 6.27. The van der Waals surface area contributed by atoms with Gasteiger partial charge in [0.05, 0.1) is 6.10 Å². The Morgan fingerprint density at radius 2 is 2.06 bits per heavy atom. The molecule has 0 bridgehead atoms. The van der Waals surface area contributed by atoms with Crippen LogP contribution in [0, 0.1) is 0 Å². The van der Waals surface area contributed by atoms with E-state index >= 15 is 0 Å². The highest BCUT2D eigenvalue weighted by Gasteiger charge is 2.12. The average molecular weight is 266 g/mol. The van der Waals surface area contributed by atoms with Gasteiger partial charge in [-0.25, -0.2) is 0 Å². The van der Waals surface area contributed by atoms with Crippen molar-refractivity contribution in [3.05, 3.63) is 18.2 Å². The molecule has 1 heterocycles. The summed E-state index contributed by atoms with van der Waals surface area (Å²) in [6, 6.07) is 6.05. The molecule has 0 spiro atoms. The van der Waals surface area contributed by atoms with Crippen LogP contribution in [-0.2, 0) is 0 Å². The van der Waals surface area contributed by atoms with E-state index in [1.54, 1.807) is 0 Å². The van der Waals surface area contributed by atoms with Crippen molar-refractivity contribution in [3.63, 3.8) is 0 Å². The van der Waals surface area contributed by atoms with Crippen molar-refractivity contribution in [2.45, 2.75) is 26.4 Å². The third-order valence-electron chi connectivity index (χ3n) is 2.87. The lowest BCUT2D eigenvalue weighted by Crippen LogP contribution is -2.25. The summed E-state index contributed by atoms with van der Waals surface area (Å²) < 4.78 is 5.75. The predicted molar refractivity (Wildman–Crippen MR) is 80.8 cm³/mol. The molecule has 0 radical (unpaired) electrons. The van der Waals surface area contributed by atoms with Crippen molar-refractivity contribution in [3.8, 4) is 5.75 Å². The molecule has 1 saturated heterocycles. The lowest BCUT2D eigenvalue weighted by atomic mass is 10.2. The summed E-state index contributed by atoms with van der Waals surface area (Å²) in [7, 11) is 0. The molecule has 0 aliphatic carbocycles. The summed E-state index contributed by atoms with van der Waals surface area (Å²) in [6.07, 6.45) is 1.42. The van der Waals surface area contributed by atoms with Crippen LogP contribution in [0.4, 0.5) is 11.4 Å². The van der Waals surface area contributed by atoms with Crippen LogP contribution in [0.1, 0.15) is 20.3 Å². The van der Waals surface area contributed by atoms with Crippen molar-refractivity contribution in [1.29, 1.82) is 0 Å². The molecule has 1 aromatic rings. The van der Waals surface area contributed by atoms with Crippen molar-refractivity contribution in [2.24, 2.45) is 0 Å². The average Bonchev–Trinajstić information content (AvgIpc) is 2.55. The van der Waals surface area contributed by atoms with E-state index in [4.69, 9.17) is 10.5 Å². The number of nitrogens with two attached hydrogens (primary N) is 1. The quantitative estimate of drug-likeness (QED) is 0.854. The van der Waals surface area contributed by atoms with Crippen molar-refractivity contribution < 1.29 is 4.74 Å². The number of nitrogens with zero attached hydrogens (tertiary/aromatic N) is 1. The van der Waals surface area contributed by atoms with Crippen LogP contribution >= 0.6 is 11.8 Å². The molecule has 4 heteroatoms. The molecule has 0 aromatic heterocycles. The Morgan fingerprint density at radius 1 is 1.22 bits per heavy atom. The van der Waals surface area contributed by atoms with E-state index in [1.165, 1.54) is 23.6 Å². The Kier molecular flexibility index (Phi) is 4.64. The van der Waals surface area contributed by atoms with Gasteiger partial charge < -0.3 is 15.4 Å². The van der Waals surface area contributed by atoms with Gasteiger partial charge in [-0.3, -0.25) is 0 Å². The van der Waals surface area contributed by atoms with Gasteiger partial charge in [0, 0.05) is 42.3 Å². The highest BCUT2D eigenvalue weighted by Crippen LogP contribution is 2.27. The molecule has 1 aliphatic heterocycles. The van der Waals surface area contributed by atoms with Gasteiger partial charge in [0.15, 0.2) is 0 Å². The monoisotopic (exact) mass is 266 g/mol. The summed E-state index contributed by atoms with van der Waals surface area (Å²) in [4.78, 5) is 2.41. The van der Waals surface area contributed by atoms with Crippen LogP contribution in [0.3, 0.4) is 0 Å². The number of rotatable bonds is 3. The van der Waals surface area contributed by atoms with Gasteiger partial charge in [-0.05, 0) is 32.1 Å². The highest BCUT2D eigenvalue weighted by atomic mass is 32.2. The second-order valence-corrected chi connectivity index (χ2v) is 6.10. The number of ether oxygens (including phenoxy) is 1. The lowest BCUT2D eigenvalue weighted by Gasteiger charge is -2.23. The zero-order chi connectivity index (χ0) is 13.0. The van der Waals surface area contributed by atoms with E-state index < -0.39 is 0 Å². The first kappa shape index (κ1) is 13.4. The van der Waals surface area contributed by atoms with E-state index in [-0.39, 0.29) is 6.10 Å². The normalized spacial score (nSPS) is 16.7. The van der Waals surface area contributed by atoms with E-state index in [0.29, 0.717) is 0 Å². The molecule has 0 unspecified atom stereocenters. The topological polar surface area (TPSA) is 38.5 Å². The molecule has 3 nitrogen and oxygen atoms in total. The fourth-order valence-corrected chi connectivity index (χ4v) is 3.02. The number of benzene rings is 1. The fraction of sp³-hybridized carbons (Fsp3) is 0.571. The van der Waals surface area contributed by atoms with E-state index in [1.807, 2.05) is 37.7 Å². The van der Waals surface area contributed by atoms with E-state index in [2.05, 4.69) is 11.0 Å². The standard InChI is InChI=1S/C14H22N2OS/c1-11(2)17-14-9-12(15)8-13(10-14)16-4-3-6-18-7-5-16/h8-11H,3-7,15H2,1-2H3. The first-order chi connectivity index (χ1) is 8.65. The number of nitrogen functional groups attached to an aromatic ring is 1. The van der Waals surface area contributed by atoms with E-state index in [9.17, 15) is 0 Å². The van der Waals surface area contributed by atoms with Crippen LogP contribution in [0.2, 0.25) is 0 Å². The Hall–Kier alpha value is -1.03. The number of hydrogen-bond donors (Lipinski definition) is 1. The minimum absolute atomic E-state index is 0.180. The molecule has 100 valence electrons. The molecule has 2 N–H and O–H groups in total. The van der Waals surface area contributed by atoms with E-state index in [0.717, 1.165) is 24.5 Å². The lowest BCUT2D eigenvalue weighted by molar-refractivity contribution is 0.242. The first-order valence-electron chi connectivity index (χ1n) is 6.55. The summed E-state index contributed by atoms with van der Waals surface area (Å²) in [5, 5.41) is 0. The Balaban J connectivity index is 2.17. The second kappa shape index (κ2) is 6.23. The Morgan fingerprint density at radius 3 is 2.83 bits per heavy atom. The first-order valence-corrected chi connectivity index (χ1v) is 7.70. The van der Waals surface area contributed by atoms with Gasteiger partial charge in [0.25, 0.3) is 0 Å². The number of hydrogen-bond acceptors (Lipinski definition) is 4. The molecule has 1 aliphatic rings. The molecule has 1 fully saturated rings. The maximum atomic E-state index is 5.97. The molecule has 0 saturated carbocycles. The highest BCUT2D eigenvalue weighted by molar-refractivity contribution is 7.99. The maximum Gasteiger partial charge on any atom is 0.123 e. The van der Waals surface area contributed by atoms with Crippen LogP contribution in [0.25, 0.3) is 0 Å². The second-order valence-electron chi connectivity index (χ2n) is 4.88. The smallest absolute Gasteiger partial charge is 0.123 e. The Bertz CT molecular complexity index is 387. The van der Waals surface area contributed by atoms with Crippen molar-refractivity contribution in [2.75, 3.05) is 35.2 Å². The SMILES string of the molecule is CC(C)Oc1cc(N)cc(N2CCCSCC2)c1. The molecule has 18 heavy (non-hydrogen) atoms. The minimum atomic E-state index is 0.180. The molecule has 1 aromatic carbocycles. The van der Waals surface area contributed by atoms with Gasteiger partial charge in [-0.2, -0.15) is 11.8 Å². The van der Waals surface area contributed by atoms with Crippen LogP contribution in [0.15, 0.2) is 18.2 Å². The third-order valence-corrected chi connectivity index (χ3v) is 3.92. The van der Waals surface area contributed by atoms with Gasteiger partial charge in [-0.1, -0.05) is 0 Å². The van der Waals surface area contributed by atoms with Crippen molar-refractivity contribution in [1.82, 2.24) is 0 Å². The molecular formula is C14H22N2OS. The van der Waals surface area contributed by atoms with Crippen LogP contribution in [-0.4, -0.2) is 30.7 Å². The Labute approximate surface area is 114 Å². The molecule has 0 atom stereocenters. The fourth-order valence-electron chi connectivity index (χ4n) is 2.13. The van der Waals surface area contributed by atoms with Gasteiger partial charge in [-0.15, -0.1) is 0 Å². The van der Waals surface area contributed by atoms with Crippen LogP contribution in [0.5, 0.6) is 5.75 Å². The minimum Gasteiger partial charge on any atom is -0.491 e. The van der Waals surface area contributed by atoms with Gasteiger partial charge in [0.1, 0.15) is 5.75 Å². The summed E-state index contributed by atoms with van der Waals surface area (Å²) in [5.41, 5.74) is 7.93. The van der Waals surface area contributed by atoms with Gasteiger partial charge in [0.2, 0.25) is 0 Å². The largest absolute Gasteiger partial charge is 0.491 e. The predicted octanol–water partition coefficient (Wildman–Crippen LogP) is 3.00. The maximum absolute atomic E-state index is 5.97. The van der Waals surface area contributed by atoms with Crippen molar-refractivity contribution >= 4 is 23.1 Å². The number of anilines is 2. The van der Waals surface area contributed by atoms with Gasteiger partial charge >= 0.3 is 0 Å². The molecular weight excluding hydrogens is 244 g/mol. The summed E-state index contributed by atoms with van der Waals surface area (Å²) in [5.74, 6) is 3.32. The summed E-state index contributed by atoms with van der Waals surface area (Å²) >= 11 is 2.03. The third kappa shape index (κ3) is 3.73. The molecule has 0 amide bonds.